The number of hydrogen-bond acceptors (Lipinski definition) is 5. The number of aromatic nitrogens is 2. The topological polar surface area (TPSA) is 122 Å². The van der Waals surface area contributed by atoms with Crippen molar-refractivity contribution in [3.8, 4) is 6.07 Å². The lowest BCUT2D eigenvalue weighted by Crippen LogP contribution is -2.30. The fourth-order valence-corrected chi connectivity index (χ4v) is 6.24. The molecule has 1 atom stereocenters. The Morgan fingerprint density at radius 3 is 2.65 bits per heavy atom. The van der Waals surface area contributed by atoms with Gasteiger partial charge in [0.2, 0.25) is 0 Å². The lowest BCUT2D eigenvalue weighted by molar-refractivity contribution is -0.605. The van der Waals surface area contributed by atoms with E-state index < -0.39 is 13.3 Å². The van der Waals surface area contributed by atoms with E-state index in [-0.39, 0.29) is 17.5 Å². The maximum Gasteiger partial charge on any atom is 0.268 e. The number of hydrogen-bond donors (Lipinski definition) is 2. The zero-order valence-corrected chi connectivity index (χ0v) is 20.0. The quantitative estimate of drug-likeness (QED) is 0.241. The molecule has 2 N–H and O–H groups in total. The van der Waals surface area contributed by atoms with Crippen molar-refractivity contribution in [2.24, 2.45) is 0 Å². The largest absolute Gasteiger partial charge is 0.619 e. The van der Waals surface area contributed by atoms with Gasteiger partial charge in [0.15, 0.2) is 12.4 Å². The fraction of sp³-hybridized carbons (Fsp3) is 0.125. The molecule has 0 radical (unpaired) electrons. The molecule has 0 aliphatic heterocycles. The number of amides is 1. The van der Waals surface area contributed by atoms with E-state index >= 15 is 0 Å². The third kappa shape index (κ3) is 4.42. The Balaban J connectivity index is 1.86. The number of nitriles is 1. The smallest absolute Gasteiger partial charge is 0.268 e. The number of carbonyl (C=O) groups excluding carboxylic acids is 1. The summed E-state index contributed by atoms with van der Waals surface area (Å²) < 4.78 is 20.7. The van der Waals surface area contributed by atoms with Gasteiger partial charge in [-0.3, -0.25) is 9.36 Å². The number of fused-ring (bicyclic) bond motifs is 1. The van der Waals surface area contributed by atoms with Crippen LogP contribution in [-0.2, 0) is 15.6 Å². The minimum absolute atomic E-state index is 0.0669. The Bertz CT molecular complexity index is 1490. The van der Waals surface area contributed by atoms with Crippen LogP contribution in [0.25, 0.3) is 10.9 Å². The summed E-state index contributed by atoms with van der Waals surface area (Å²) in [4.78, 5) is 16.3. The first-order chi connectivity index (χ1) is 16.2. The average Bonchev–Trinajstić information content (AvgIpc) is 3.21. The number of nitrogens with one attached hydrogen (secondary N) is 2. The van der Waals surface area contributed by atoms with Crippen LogP contribution < -0.4 is 20.7 Å². The summed E-state index contributed by atoms with van der Waals surface area (Å²) in [6.45, 7) is 1.94. The third-order valence-corrected chi connectivity index (χ3v) is 8.11. The van der Waals surface area contributed by atoms with E-state index in [0.717, 1.165) is 5.56 Å². The number of H-pyrrole nitrogens is 1. The molecule has 0 fully saturated rings. The summed E-state index contributed by atoms with van der Waals surface area (Å²) in [5.74, 6) is -0.508. The Morgan fingerprint density at radius 2 is 1.97 bits per heavy atom. The molecular weight excluding hydrogens is 475 g/mol. The van der Waals surface area contributed by atoms with Crippen molar-refractivity contribution in [3.63, 3.8) is 0 Å². The van der Waals surface area contributed by atoms with Gasteiger partial charge in [-0.15, -0.1) is 0 Å². The number of nitrogens with zero attached hydrogens (tertiary/aromatic N) is 2. The molecule has 34 heavy (non-hydrogen) atoms. The van der Waals surface area contributed by atoms with Crippen LogP contribution >= 0.6 is 19.0 Å². The van der Waals surface area contributed by atoms with Gasteiger partial charge in [-0.05, 0) is 54.4 Å². The lowest BCUT2D eigenvalue weighted by atomic mass is 10.2. The summed E-state index contributed by atoms with van der Waals surface area (Å²) >= 11 is 6.23. The normalized spacial score (nSPS) is 12.8. The molecule has 4 rings (SSSR count). The first-order valence-corrected chi connectivity index (χ1v) is 12.2. The minimum Gasteiger partial charge on any atom is -0.619 e. The summed E-state index contributed by atoms with van der Waals surface area (Å²) in [7, 11) is -2.52. The lowest BCUT2D eigenvalue weighted by Gasteiger charge is -2.19. The van der Waals surface area contributed by atoms with Crippen LogP contribution in [0.2, 0.25) is 5.02 Å². The molecule has 4 aromatic rings. The SMILES string of the molecule is COP(=O)(c1cc(C)cc(C#N)c1)c1c(C(=O)NCc2cc[n+]([O-])cc2)[nH]c2ccc(Cl)cc12. The van der Waals surface area contributed by atoms with Crippen LogP contribution in [0.4, 0.5) is 0 Å². The highest BCUT2D eigenvalue weighted by Gasteiger charge is 2.36. The second kappa shape index (κ2) is 9.32. The number of benzene rings is 2. The highest BCUT2D eigenvalue weighted by molar-refractivity contribution is 7.75. The van der Waals surface area contributed by atoms with E-state index in [1.165, 1.54) is 25.6 Å². The summed E-state index contributed by atoms with van der Waals surface area (Å²) in [6.07, 6.45) is 2.67. The van der Waals surface area contributed by atoms with Gasteiger partial charge in [0.1, 0.15) is 5.69 Å². The van der Waals surface area contributed by atoms with Gasteiger partial charge >= 0.3 is 0 Å². The molecule has 1 unspecified atom stereocenters. The van der Waals surface area contributed by atoms with E-state index in [2.05, 4.69) is 16.4 Å². The Labute approximate surface area is 200 Å². The van der Waals surface area contributed by atoms with Crippen molar-refractivity contribution < 1.29 is 18.6 Å². The van der Waals surface area contributed by atoms with Crippen molar-refractivity contribution in [1.82, 2.24) is 10.3 Å². The van der Waals surface area contributed by atoms with E-state index in [9.17, 15) is 19.8 Å². The fourth-order valence-electron chi connectivity index (χ4n) is 3.78. The van der Waals surface area contributed by atoms with Crippen LogP contribution in [-0.4, -0.2) is 18.0 Å². The highest BCUT2D eigenvalue weighted by atomic mass is 35.5. The first-order valence-electron chi connectivity index (χ1n) is 10.2. The molecule has 0 aliphatic carbocycles. The molecule has 2 aromatic heterocycles. The number of carbonyl (C=O) groups is 1. The number of pyridine rings is 1. The Kier molecular flexibility index (Phi) is 6.45. The van der Waals surface area contributed by atoms with Gasteiger partial charge in [-0.2, -0.15) is 9.99 Å². The van der Waals surface area contributed by atoms with E-state index in [1.54, 1.807) is 49.4 Å². The van der Waals surface area contributed by atoms with Gasteiger partial charge in [0.25, 0.3) is 13.3 Å². The summed E-state index contributed by atoms with van der Waals surface area (Å²) in [6, 6.07) is 15.1. The van der Waals surface area contributed by atoms with Crippen LogP contribution in [0, 0.1) is 23.5 Å². The maximum atomic E-state index is 14.4. The van der Waals surface area contributed by atoms with Gasteiger partial charge in [0.05, 0.1) is 16.9 Å². The number of aryl methyl sites for hydroxylation is 1. The highest BCUT2D eigenvalue weighted by Crippen LogP contribution is 2.47. The van der Waals surface area contributed by atoms with Crippen molar-refractivity contribution in [2.75, 3.05) is 7.11 Å². The zero-order valence-electron chi connectivity index (χ0n) is 18.3. The van der Waals surface area contributed by atoms with Crippen molar-refractivity contribution in [2.45, 2.75) is 13.5 Å². The van der Waals surface area contributed by atoms with Crippen molar-refractivity contribution in [1.29, 1.82) is 5.26 Å². The molecule has 2 aromatic carbocycles. The van der Waals surface area contributed by atoms with Crippen LogP contribution in [0.5, 0.6) is 0 Å². The summed E-state index contributed by atoms with van der Waals surface area (Å²) in [5, 5.41) is 24.8. The molecule has 0 aliphatic rings. The molecule has 10 heteroatoms. The van der Waals surface area contributed by atoms with E-state index in [1.807, 2.05) is 0 Å². The molecule has 0 bridgehead atoms. The zero-order chi connectivity index (χ0) is 24.5. The molecule has 0 spiro atoms. The third-order valence-electron chi connectivity index (χ3n) is 5.37. The standard InChI is InChI=1S/C24H20ClN4O4P/c1-15-9-17(13-26)11-19(10-15)34(32,33-2)23-20-12-18(25)3-4-21(20)28-22(23)24(30)27-14-16-5-7-29(31)8-6-16/h3-12,28H,14H2,1-2H3,(H,27,30). The van der Waals surface area contributed by atoms with Gasteiger partial charge in [-0.1, -0.05) is 11.6 Å². The monoisotopic (exact) mass is 494 g/mol. The van der Waals surface area contributed by atoms with Crippen LogP contribution in [0.15, 0.2) is 60.9 Å². The maximum absolute atomic E-state index is 14.4. The van der Waals surface area contributed by atoms with Crippen LogP contribution in [0.1, 0.15) is 27.2 Å². The molecule has 1 amide bonds. The van der Waals surface area contributed by atoms with E-state index in [4.69, 9.17) is 16.1 Å². The second-order valence-electron chi connectivity index (χ2n) is 7.69. The molecule has 2 heterocycles. The van der Waals surface area contributed by atoms with Crippen LogP contribution in [0.3, 0.4) is 0 Å². The first kappa shape index (κ1) is 23.5. The van der Waals surface area contributed by atoms with Crippen molar-refractivity contribution in [3.05, 3.63) is 93.5 Å². The van der Waals surface area contributed by atoms with Gasteiger partial charge in [0, 0.05) is 47.0 Å². The number of aromatic amines is 1. The second-order valence-corrected chi connectivity index (χ2v) is 10.6. The Morgan fingerprint density at radius 1 is 1.24 bits per heavy atom. The number of halogens is 1. The molecular formula is C24H20ClN4O4P. The molecule has 0 saturated heterocycles. The summed E-state index contributed by atoms with van der Waals surface area (Å²) in [5.41, 5.74) is 2.40. The molecule has 0 saturated carbocycles. The Hall–Kier alpha value is -3.63. The molecule has 8 nitrogen and oxygen atoms in total. The predicted octanol–water partition coefficient (Wildman–Crippen LogP) is 3.44. The predicted molar refractivity (Wildman–Crippen MR) is 130 cm³/mol. The molecule has 172 valence electrons. The van der Waals surface area contributed by atoms with E-state index in [0.29, 0.717) is 37.1 Å². The van der Waals surface area contributed by atoms with Gasteiger partial charge < -0.3 is 20.0 Å². The average molecular weight is 495 g/mol. The van der Waals surface area contributed by atoms with Gasteiger partial charge in [-0.25, -0.2) is 0 Å². The minimum atomic E-state index is -3.83. The number of rotatable bonds is 6. The van der Waals surface area contributed by atoms with Crippen molar-refractivity contribution >= 4 is 46.4 Å².